The van der Waals surface area contributed by atoms with E-state index in [1.807, 2.05) is 30.3 Å². The summed E-state index contributed by atoms with van der Waals surface area (Å²) in [5.74, 6) is -0.578. The molecule has 0 aliphatic rings. The van der Waals surface area contributed by atoms with E-state index in [-0.39, 0.29) is 62.0 Å². The zero-order valence-corrected chi connectivity index (χ0v) is 30.4. The minimum atomic E-state index is -3.92. The Labute approximate surface area is 317 Å². The number of phenolic OH excluding ortho intramolecular Hbond substituents is 3. The van der Waals surface area contributed by atoms with Crippen molar-refractivity contribution in [1.82, 2.24) is 0 Å². The first kappa shape index (κ1) is 38.9. The van der Waals surface area contributed by atoms with Gasteiger partial charge >= 0.3 is 0 Å². The van der Waals surface area contributed by atoms with Crippen LogP contribution in [-0.4, -0.2) is 38.0 Å². The quantitative estimate of drug-likeness (QED) is 0.0203. The van der Waals surface area contributed by atoms with Crippen LogP contribution in [0.2, 0.25) is 0 Å². The molecule has 0 atom stereocenters. The van der Waals surface area contributed by atoms with Crippen LogP contribution in [0.15, 0.2) is 138 Å². The van der Waals surface area contributed by atoms with Crippen LogP contribution in [0.25, 0.3) is 21.5 Å². The molecule has 6 aromatic carbocycles. The second-order valence-corrected chi connectivity index (χ2v) is 13.3. The van der Waals surface area contributed by atoms with E-state index in [0.29, 0.717) is 44.6 Å². The molecular formula is C35H28CuN6O9S2. The summed E-state index contributed by atoms with van der Waals surface area (Å²) in [7, 11) is -1.61. The fourth-order valence-electron chi connectivity index (χ4n) is 4.97. The van der Waals surface area contributed by atoms with Gasteiger partial charge in [0.2, 0.25) is 0 Å². The summed E-state index contributed by atoms with van der Waals surface area (Å²) < 4.78 is 33.5. The van der Waals surface area contributed by atoms with E-state index in [9.17, 15) is 23.7 Å². The minimum Gasteiger partial charge on any atom is -0.506 e. The number of aromatic hydroxyl groups is 3. The van der Waals surface area contributed by atoms with Crippen molar-refractivity contribution in [3.8, 4) is 17.2 Å². The monoisotopic (exact) mass is 803 g/mol. The Morgan fingerprint density at radius 1 is 0.642 bits per heavy atom. The minimum absolute atomic E-state index is 0. The van der Waals surface area contributed by atoms with Gasteiger partial charge in [0.25, 0.3) is 10.1 Å². The summed E-state index contributed by atoms with van der Waals surface area (Å²) in [4.78, 5) is 4.69. The van der Waals surface area contributed by atoms with Crippen molar-refractivity contribution in [2.24, 2.45) is 30.7 Å². The molecule has 3 N–H and O–H groups in total. The summed E-state index contributed by atoms with van der Waals surface area (Å²) in [6.07, 6.45) is 0. The maximum Gasteiger partial charge on any atom is 0.296 e. The van der Waals surface area contributed by atoms with Gasteiger partial charge < -0.3 is 15.3 Å². The van der Waals surface area contributed by atoms with E-state index in [1.54, 1.807) is 37.3 Å². The molecule has 0 heterocycles. The largest absolute Gasteiger partial charge is 0.506 e. The fourth-order valence-corrected chi connectivity index (χ4v) is 6.22. The maximum absolute atomic E-state index is 12.0. The number of azo groups is 3. The molecule has 15 nitrogen and oxygen atoms in total. The Balaban J connectivity index is 0.00000541. The standard InChI is InChI=1S/C35H28N6O9S2.Cu/c1-20-15-21-7-4-5-10-27(21)32(34(20)43)40-38-24-12-11-22-16-31(51-50-49-47-2)33(35(44)28(22)18-24)41-39-29-14-13-25(19-30(29)42)37-36-23-8-6-9-26(17-23)52(45,46)48-3;/h4-19,42-44H,1-3H3;. The summed E-state index contributed by atoms with van der Waals surface area (Å²) in [6, 6.07) is 26.0. The van der Waals surface area contributed by atoms with Crippen LogP contribution in [-0.2, 0) is 45.6 Å². The van der Waals surface area contributed by atoms with Gasteiger partial charge in [-0.15, -0.1) is 19.7 Å². The molecule has 0 aliphatic carbocycles. The average molecular weight is 804 g/mol. The van der Waals surface area contributed by atoms with Gasteiger partial charge in [-0.25, -0.2) is 4.89 Å². The van der Waals surface area contributed by atoms with Crippen molar-refractivity contribution in [1.29, 1.82) is 0 Å². The number of hydrogen-bond donors (Lipinski definition) is 3. The molecular weight excluding hydrogens is 776 g/mol. The predicted octanol–water partition coefficient (Wildman–Crippen LogP) is 10.5. The Bertz CT molecular complexity index is 2520. The molecule has 0 fully saturated rings. The number of aryl methyl sites for hydroxylation is 1. The zero-order valence-electron chi connectivity index (χ0n) is 27.8. The van der Waals surface area contributed by atoms with E-state index in [1.165, 1.54) is 43.5 Å². The van der Waals surface area contributed by atoms with E-state index in [0.717, 1.165) is 17.9 Å². The van der Waals surface area contributed by atoms with Crippen LogP contribution >= 0.6 is 12.0 Å². The maximum atomic E-state index is 12.0. The van der Waals surface area contributed by atoms with Crippen LogP contribution in [0.5, 0.6) is 17.2 Å². The van der Waals surface area contributed by atoms with Crippen LogP contribution in [0, 0.1) is 6.92 Å². The van der Waals surface area contributed by atoms with Gasteiger partial charge in [0.15, 0.2) is 5.75 Å². The summed E-state index contributed by atoms with van der Waals surface area (Å²) in [5.41, 5.74) is 1.83. The Morgan fingerprint density at radius 3 is 2.08 bits per heavy atom. The Hall–Kier alpha value is -5.30. The van der Waals surface area contributed by atoms with Gasteiger partial charge in [-0.05, 0) is 77.9 Å². The first-order chi connectivity index (χ1) is 25.1. The third kappa shape index (κ3) is 8.85. The Morgan fingerprint density at radius 2 is 1.32 bits per heavy atom. The van der Waals surface area contributed by atoms with Gasteiger partial charge in [0.1, 0.15) is 28.6 Å². The van der Waals surface area contributed by atoms with Crippen molar-refractivity contribution < 1.29 is 59.2 Å². The fraction of sp³-hybridized carbons (Fsp3) is 0.0857. The van der Waals surface area contributed by atoms with E-state index in [2.05, 4.69) is 44.8 Å². The van der Waals surface area contributed by atoms with Gasteiger partial charge in [0, 0.05) is 33.9 Å². The topological polar surface area (TPSA) is 206 Å². The number of benzene rings is 6. The molecule has 0 unspecified atom stereocenters. The molecule has 0 saturated heterocycles. The van der Waals surface area contributed by atoms with Gasteiger partial charge in [-0.2, -0.15) is 23.8 Å². The third-order valence-electron chi connectivity index (χ3n) is 7.53. The molecule has 6 rings (SSSR count). The second-order valence-electron chi connectivity index (χ2n) is 10.9. The van der Waals surface area contributed by atoms with Crippen molar-refractivity contribution in [2.45, 2.75) is 16.7 Å². The van der Waals surface area contributed by atoms with Crippen LogP contribution < -0.4 is 0 Å². The first-order valence-corrected chi connectivity index (χ1v) is 17.3. The SMILES string of the molecule is COOOSc1cc2ccc(N=Nc3c(O)c(C)cc4ccccc34)cc2c(O)c1N=Nc1ccc(N=Nc2cccc(S(=O)(=O)OC)c2)cc1O.[Cu]. The molecule has 18 heteroatoms. The molecule has 53 heavy (non-hydrogen) atoms. The number of hydrogen-bond acceptors (Lipinski definition) is 16. The van der Waals surface area contributed by atoms with Crippen molar-refractivity contribution in [3.63, 3.8) is 0 Å². The molecule has 0 bridgehead atoms. The summed E-state index contributed by atoms with van der Waals surface area (Å²) >= 11 is 0.700. The molecule has 1 radical (unpaired) electrons. The Kier molecular flexibility index (Phi) is 12.5. The number of phenols is 3. The summed E-state index contributed by atoms with van der Waals surface area (Å²) in [6.45, 7) is 1.78. The summed E-state index contributed by atoms with van der Waals surface area (Å²) in [5, 5.41) is 65.1. The van der Waals surface area contributed by atoms with E-state index >= 15 is 0 Å². The second kappa shape index (κ2) is 17.0. The van der Waals surface area contributed by atoms with Gasteiger partial charge in [0.05, 0.1) is 53.1 Å². The first-order valence-electron chi connectivity index (χ1n) is 15.1. The third-order valence-corrected chi connectivity index (χ3v) is 9.41. The number of rotatable bonds is 12. The molecule has 0 amide bonds. The molecule has 0 aromatic heterocycles. The molecule has 0 spiro atoms. The molecule has 0 saturated carbocycles. The normalized spacial score (nSPS) is 12.1. The average Bonchev–Trinajstić information content (AvgIpc) is 3.15. The van der Waals surface area contributed by atoms with Gasteiger partial charge in [-0.1, -0.05) is 41.4 Å². The molecule has 275 valence electrons. The van der Waals surface area contributed by atoms with Crippen molar-refractivity contribution >= 4 is 77.8 Å². The van der Waals surface area contributed by atoms with Crippen molar-refractivity contribution in [2.75, 3.05) is 14.2 Å². The van der Waals surface area contributed by atoms with Crippen LogP contribution in [0.1, 0.15) is 5.56 Å². The van der Waals surface area contributed by atoms with E-state index in [4.69, 9.17) is 4.33 Å². The van der Waals surface area contributed by atoms with Crippen LogP contribution in [0.3, 0.4) is 0 Å². The number of nitrogens with zero attached hydrogens (tertiary/aromatic N) is 6. The zero-order chi connectivity index (χ0) is 36.8. The predicted molar refractivity (Wildman–Crippen MR) is 192 cm³/mol. The van der Waals surface area contributed by atoms with E-state index < -0.39 is 10.1 Å². The molecule has 0 aliphatic heterocycles. The smallest absolute Gasteiger partial charge is 0.296 e. The van der Waals surface area contributed by atoms with Crippen LogP contribution in [0.4, 0.5) is 34.1 Å². The van der Waals surface area contributed by atoms with Gasteiger partial charge in [-0.3, -0.25) is 4.18 Å². The molecule has 6 aromatic rings. The van der Waals surface area contributed by atoms with Crippen molar-refractivity contribution in [3.05, 3.63) is 103 Å². The number of fused-ring (bicyclic) bond motifs is 2.